The highest BCUT2D eigenvalue weighted by Gasteiger charge is 2.27. The molecule has 0 saturated carbocycles. The molecule has 2 aromatic carbocycles. The van der Waals surface area contributed by atoms with Gasteiger partial charge in [0.25, 0.3) is 0 Å². The van der Waals surface area contributed by atoms with Gasteiger partial charge in [-0.3, -0.25) is 9.79 Å². The Morgan fingerprint density at radius 2 is 1.77 bits per heavy atom. The van der Waals surface area contributed by atoms with E-state index in [-0.39, 0.29) is 54.4 Å². The Bertz CT molecular complexity index is 838. The first-order valence-electron chi connectivity index (χ1n) is 10.3. The smallest absolute Gasteiger partial charge is 0.232 e. The van der Waals surface area contributed by atoms with Crippen LogP contribution in [-0.2, 0) is 9.53 Å². The number of carbonyl (C=O) groups excluding carboxylic acids is 1. The highest BCUT2D eigenvalue weighted by molar-refractivity contribution is 14.0. The molecular formula is C23H31IN4O3. The number of morpholine rings is 1. The number of halogens is 1. The molecule has 168 valence electrons. The summed E-state index contributed by atoms with van der Waals surface area (Å²) >= 11 is 0. The van der Waals surface area contributed by atoms with Crippen molar-refractivity contribution in [1.82, 2.24) is 4.90 Å². The van der Waals surface area contributed by atoms with Gasteiger partial charge in [-0.15, -0.1) is 24.0 Å². The molecule has 1 fully saturated rings. The van der Waals surface area contributed by atoms with E-state index in [4.69, 9.17) is 15.2 Å². The van der Waals surface area contributed by atoms with Crippen LogP contribution in [0.5, 0.6) is 5.75 Å². The van der Waals surface area contributed by atoms with Crippen molar-refractivity contribution in [1.29, 1.82) is 0 Å². The van der Waals surface area contributed by atoms with Gasteiger partial charge in [0.2, 0.25) is 5.91 Å². The minimum Gasteiger partial charge on any atom is -0.491 e. The second-order valence-electron chi connectivity index (χ2n) is 7.44. The van der Waals surface area contributed by atoms with Crippen LogP contribution in [-0.4, -0.2) is 55.7 Å². The highest BCUT2D eigenvalue weighted by Crippen LogP contribution is 2.20. The maximum Gasteiger partial charge on any atom is 0.232 e. The molecule has 0 aliphatic carbocycles. The molecule has 1 amide bonds. The largest absolute Gasteiger partial charge is 0.491 e. The molecule has 8 heteroatoms. The van der Waals surface area contributed by atoms with E-state index in [1.807, 2.05) is 73.3 Å². The zero-order valence-corrected chi connectivity index (χ0v) is 20.3. The van der Waals surface area contributed by atoms with Crippen LogP contribution >= 0.6 is 24.0 Å². The van der Waals surface area contributed by atoms with Gasteiger partial charge in [0.1, 0.15) is 5.75 Å². The van der Waals surface area contributed by atoms with Crippen LogP contribution in [0.15, 0.2) is 59.6 Å². The van der Waals surface area contributed by atoms with E-state index >= 15 is 0 Å². The Hall–Kier alpha value is -2.33. The number of rotatable bonds is 7. The zero-order chi connectivity index (χ0) is 21.3. The Kier molecular flexibility index (Phi) is 10.1. The Labute approximate surface area is 201 Å². The van der Waals surface area contributed by atoms with Gasteiger partial charge in [-0.1, -0.05) is 30.3 Å². The number of hydrogen-bond acceptors (Lipinski definition) is 4. The molecule has 31 heavy (non-hydrogen) atoms. The highest BCUT2D eigenvalue weighted by atomic mass is 127. The van der Waals surface area contributed by atoms with Crippen molar-refractivity contribution in [3.63, 3.8) is 0 Å². The number of ether oxygens (including phenoxy) is 2. The van der Waals surface area contributed by atoms with Crippen LogP contribution in [0.3, 0.4) is 0 Å². The average Bonchev–Trinajstić information content (AvgIpc) is 2.76. The second kappa shape index (κ2) is 12.5. The number of nitrogens with two attached hydrogens (primary N) is 1. The second-order valence-corrected chi connectivity index (χ2v) is 7.44. The number of nitrogens with zero attached hydrogens (tertiary/aromatic N) is 2. The predicted octanol–water partition coefficient (Wildman–Crippen LogP) is 3.46. The number of guanidine groups is 1. The number of nitrogens with one attached hydrogen (secondary N) is 1. The summed E-state index contributed by atoms with van der Waals surface area (Å²) in [7, 11) is 0. The van der Waals surface area contributed by atoms with Crippen molar-refractivity contribution in [2.24, 2.45) is 10.7 Å². The quantitative estimate of drug-likeness (QED) is 0.320. The lowest BCUT2D eigenvalue weighted by molar-refractivity contribution is -0.136. The van der Waals surface area contributed by atoms with Gasteiger partial charge in [-0.05, 0) is 43.7 Å². The van der Waals surface area contributed by atoms with Crippen LogP contribution < -0.4 is 15.8 Å². The summed E-state index contributed by atoms with van der Waals surface area (Å²) in [5, 5.41) is 3.08. The van der Waals surface area contributed by atoms with Crippen LogP contribution in [0.2, 0.25) is 0 Å². The van der Waals surface area contributed by atoms with Crippen molar-refractivity contribution in [2.75, 3.05) is 38.2 Å². The molecule has 7 nitrogen and oxygen atoms in total. The van der Waals surface area contributed by atoms with Crippen molar-refractivity contribution in [3.05, 3.63) is 60.2 Å². The van der Waals surface area contributed by atoms with Gasteiger partial charge >= 0.3 is 0 Å². The monoisotopic (exact) mass is 538 g/mol. The Morgan fingerprint density at radius 3 is 2.39 bits per heavy atom. The lowest BCUT2D eigenvalue weighted by Gasteiger charge is -2.30. The fourth-order valence-electron chi connectivity index (χ4n) is 3.28. The van der Waals surface area contributed by atoms with Gasteiger partial charge in [-0.25, -0.2) is 0 Å². The normalized spacial score (nSPS) is 15.2. The van der Waals surface area contributed by atoms with Gasteiger partial charge in [0.15, 0.2) is 5.96 Å². The van der Waals surface area contributed by atoms with Crippen molar-refractivity contribution in [2.45, 2.75) is 25.9 Å². The van der Waals surface area contributed by atoms with Gasteiger partial charge < -0.3 is 25.4 Å². The summed E-state index contributed by atoms with van der Waals surface area (Å²) in [4.78, 5) is 19.4. The standard InChI is InChI=1S/C23H30N4O3.HI/c1-17(2)30-20-10-8-19(9-11-20)26-23(24)25-16-21(18-6-4-3-5-7-18)22(28)27-12-14-29-15-13-27;/h3-11,17,21H,12-16H2,1-2H3,(H3,24,25,26);1H. The molecule has 1 aliphatic rings. The number of aliphatic imine (C=N–C) groups is 1. The van der Waals surface area contributed by atoms with E-state index in [0.29, 0.717) is 26.3 Å². The summed E-state index contributed by atoms with van der Waals surface area (Å²) in [5.41, 5.74) is 7.83. The molecule has 1 saturated heterocycles. The van der Waals surface area contributed by atoms with Crippen LogP contribution in [0.1, 0.15) is 25.3 Å². The van der Waals surface area contributed by atoms with E-state index in [9.17, 15) is 4.79 Å². The number of amides is 1. The predicted molar refractivity (Wildman–Crippen MR) is 134 cm³/mol. The maximum atomic E-state index is 13.1. The van der Waals surface area contributed by atoms with Gasteiger partial charge in [0, 0.05) is 18.8 Å². The number of anilines is 1. The number of carbonyl (C=O) groups is 1. The fraction of sp³-hybridized carbons (Fsp3) is 0.391. The van der Waals surface area contributed by atoms with E-state index < -0.39 is 0 Å². The van der Waals surface area contributed by atoms with E-state index in [0.717, 1.165) is 17.0 Å². The van der Waals surface area contributed by atoms with E-state index in [1.165, 1.54) is 0 Å². The molecule has 0 bridgehead atoms. The van der Waals surface area contributed by atoms with Crippen LogP contribution in [0.25, 0.3) is 0 Å². The third-order valence-corrected chi connectivity index (χ3v) is 4.77. The summed E-state index contributed by atoms with van der Waals surface area (Å²) in [6, 6.07) is 17.2. The number of hydrogen-bond donors (Lipinski definition) is 2. The SMILES string of the molecule is CC(C)Oc1ccc(NC(N)=NCC(C(=O)N2CCOCC2)c2ccccc2)cc1.I. The van der Waals surface area contributed by atoms with Gasteiger partial charge in [-0.2, -0.15) is 0 Å². The first-order chi connectivity index (χ1) is 14.5. The summed E-state index contributed by atoms with van der Waals surface area (Å²) < 4.78 is 11.0. The maximum absolute atomic E-state index is 13.1. The molecule has 0 radical (unpaired) electrons. The molecular weight excluding hydrogens is 507 g/mol. The molecule has 3 N–H and O–H groups in total. The number of benzene rings is 2. The molecule has 1 atom stereocenters. The average molecular weight is 538 g/mol. The summed E-state index contributed by atoms with van der Waals surface area (Å²) in [6.07, 6.45) is 0.120. The lowest BCUT2D eigenvalue weighted by atomic mass is 9.97. The van der Waals surface area contributed by atoms with E-state index in [2.05, 4.69) is 10.3 Å². The minimum atomic E-state index is -0.383. The van der Waals surface area contributed by atoms with Crippen LogP contribution in [0, 0.1) is 0 Å². The molecule has 1 unspecified atom stereocenters. The minimum absolute atomic E-state index is 0. The third-order valence-electron chi connectivity index (χ3n) is 4.77. The first kappa shape index (κ1) is 24.9. The fourth-order valence-corrected chi connectivity index (χ4v) is 3.28. The molecule has 0 spiro atoms. The first-order valence-corrected chi connectivity index (χ1v) is 10.3. The van der Waals surface area contributed by atoms with Crippen molar-refractivity contribution in [3.8, 4) is 5.75 Å². The third kappa shape index (κ3) is 7.70. The summed E-state index contributed by atoms with van der Waals surface area (Å²) in [5.74, 6) is 0.734. The van der Waals surface area contributed by atoms with Crippen molar-refractivity contribution < 1.29 is 14.3 Å². The molecule has 3 rings (SSSR count). The van der Waals surface area contributed by atoms with Gasteiger partial charge in [0.05, 0.1) is 31.8 Å². The Morgan fingerprint density at radius 1 is 1.13 bits per heavy atom. The zero-order valence-electron chi connectivity index (χ0n) is 18.0. The van der Waals surface area contributed by atoms with Crippen molar-refractivity contribution >= 4 is 41.5 Å². The molecule has 0 aromatic heterocycles. The Balaban J connectivity index is 0.00000341. The van der Waals surface area contributed by atoms with Crippen LogP contribution in [0.4, 0.5) is 5.69 Å². The lowest BCUT2D eigenvalue weighted by Crippen LogP contribution is -2.43. The molecule has 1 aliphatic heterocycles. The van der Waals surface area contributed by atoms with E-state index in [1.54, 1.807) is 0 Å². The summed E-state index contributed by atoms with van der Waals surface area (Å²) in [6.45, 7) is 6.58. The topological polar surface area (TPSA) is 89.2 Å². The molecule has 1 heterocycles. The molecule has 2 aromatic rings.